The van der Waals surface area contributed by atoms with Crippen LogP contribution in [0.2, 0.25) is 0 Å². The lowest BCUT2D eigenvalue weighted by Crippen LogP contribution is -2.64. The van der Waals surface area contributed by atoms with Gasteiger partial charge in [0.05, 0.1) is 12.1 Å². The number of nitrogens with zero attached hydrogens (tertiary/aromatic N) is 2. The molecule has 0 radical (unpaired) electrons. The Hall–Kier alpha value is -1.50. The molecule has 1 saturated carbocycles. The minimum Gasteiger partial charge on any atom is -0.478 e. The fraction of sp³-hybridized carbons (Fsp3) is 0.733. The number of Topliss-reactive ketones (excluding diaryl/α,β-unsaturated/α-hetero) is 1. The van der Waals surface area contributed by atoms with E-state index in [9.17, 15) is 18.4 Å². The van der Waals surface area contributed by atoms with Crippen LogP contribution in [0, 0.1) is 5.92 Å². The number of carbonyl (C=O) groups is 2. The van der Waals surface area contributed by atoms with E-state index in [2.05, 4.69) is 0 Å². The Bertz CT molecular complexity index is 497. The summed E-state index contributed by atoms with van der Waals surface area (Å²) in [6, 6.07) is -1.71. The van der Waals surface area contributed by atoms with Crippen molar-refractivity contribution in [3.8, 4) is 0 Å². The number of carboxylic acids is 1. The molecule has 1 heterocycles. The zero-order valence-corrected chi connectivity index (χ0v) is 13.0. The van der Waals surface area contributed by atoms with Crippen LogP contribution >= 0.6 is 0 Å². The summed E-state index contributed by atoms with van der Waals surface area (Å²) in [5.74, 6) is -2.95. The van der Waals surface area contributed by atoms with Gasteiger partial charge in [-0.1, -0.05) is 6.92 Å². The van der Waals surface area contributed by atoms with Crippen molar-refractivity contribution in [3.63, 3.8) is 0 Å². The molecule has 0 aromatic heterocycles. The molecule has 5 nitrogen and oxygen atoms in total. The normalized spacial score (nSPS) is 35.4. The fourth-order valence-corrected chi connectivity index (χ4v) is 3.53. The van der Waals surface area contributed by atoms with Gasteiger partial charge in [-0.25, -0.2) is 13.6 Å². The molecule has 1 fully saturated rings. The number of carbonyl (C=O) groups excluding carboxylic acids is 1. The molecular weight excluding hydrogens is 294 g/mol. The molecule has 5 atom stereocenters. The predicted molar refractivity (Wildman–Crippen MR) is 76.9 cm³/mol. The van der Waals surface area contributed by atoms with Crippen molar-refractivity contribution in [1.29, 1.82) is 0 Å². The van der Waals surface area contributed by atoms with E-state index in [1.165, 1.54) is 11.1 Å². The van der Waals surface area contributed by atoms with E-state index in [1.807, 2.05) is 6.92 Å². The van der Waals surface area contributed by atoms with E-state index in [0.29, 0.717) is 13.1 Å². The minimum atomic E-state index is -1.55. The Balaban J connectivity index is 2.40. The molecule has 0 spiro atoms. The molecule has 0 aromatic rings. The first-order valence-electron chi connectivity index (χ1n) is 7.56. The molecule has 1 aliphatic carbocycles. The van der Waals surface area contributed by atoms with Crippen LogP contribution in [0.4, 0.5) is 8.78 Å². The van der Waals surface area contributed by atoms with E-state index in [4.69, 9.17) is 5.11 Å². The molecule has 1 N–H and O–H groups in total. The van der Waals surface area contributed by atoms with Crippen molar-refractivity contribution >= 4 is 11.8 Å². The molecule has 124 valence electrons. The monoisotopic (exact) mass is 316 g/mol. The standard InChI is InChI=1S/C15H22F2N2O3/c1-4-18(3)13-10(16)6-8-12(11(13)17)19(5-2)7-9(14(8)20)15(21)22/h7-8,10-13H,4-6H2,1-3H3,(H,21,22). The minimum absolute atomic E-state index is 0.139. The number of alkyl halides is 2. The summed E-state index contributed by atoms with van der Waals surface area (Å²) in [6.45, 7) is 4.44. The van der Waals surface area contributed by atoms with Crippen molar-refractivity contribution in [2.24, 2.45) is 5.92 Å². The van der Waals surface area contributed by atoms with E-state index in [0.717, 1.165) is 0 Å². The summed E-state index contributed by atoms with van der Waals surface area (Å²) in [5, 5.41) is 9.11. The van der Waals surface area contributed by atoms with Gasteiger partial charge in [0, 0.05) is 18.7 Å². The van der Waals surface area contributed by atoms with E-state index in [1.54, 1.807) is 18.9 Å². The van der Waals surface area contributed by atoms with E-state index in [-0.39, 0.29) is 12.0 Å². The predicted octanol–water partition coefficient (Wildman–Crippen LogP) is 1.24. The topological polar surface area (TPSA) is 60.9 Å². The van der Waals surface area contributed by atoms with Crippen LogP contribution in [0.1, 0.15) is 20.3 Å². The largest absolute Gasteiger partial charge is 0.478 e. The van der Waals surface area contributed by atoms with Crippen LogP contribution in [0.3, 0.4) is 0 Å². The summed E-state index contributed by atoms with van der Waals surface area (Å²) in [7, 11) is 1.66. The number of halogens is 2. The average molecular weight is 316 g/mol. The second-order valence-electron chi connectivity index (χ2n) is 5.90. The summed E-state index contributed by atoms with van der Waals surface area (Å²) < 4.78 is 29.4. The lowest BCUT2D eigenvalue weighted by molar-refractivity contribution is -0.139. The maximum atomic E-state index is 15.0. The van der Waals surface area contributed by atoms with Gasteiger partial charge in [-0.2, -0.15) is 0 Å². The highest BCUT2D eigenvalue weighted by Crippen LogP contribution is 2.39. The molecule has 0 saturated heterocycles. The lowest BCUT2D eigenvalue weighted by atomic mass is 9.72. The van der Waals surface area contributed by atoms with Crippen LogP contribution in [-0.2, 0) is 9.59 Å². The third-order valence-corrected chi connectivity index (χ3v) is 4.80. The Morgan fingerprint density at radius 3 is 2.59 bits per heavy atom. The first-order valence-corrected chi connectivity index (χ1v) is 7.56. The van der Waals surface area contributed by atoms with Crippen LogP contribution in [-0.4, -0.2) is 71.2 Å². The third kappa shape index (κ3) is 2.62. The molecule has 22 heavy (non-hydrogen) atoms. The second-order valence-corrected chi connectivity index (χ2v) is 5.90. The Morgan fingerprint density at radius 2 is 2.09 bits per heavy atom. The number of rotatable bonds is 4. The summed E-state index contributed by atoms with van der Waals surface area (Å²) in [4.78, 5) is 26.6. The second kappa shape index (κ2) is 6.32. The molecular formula is C15H22F2N2O3. The number of fused-ring (bicyclic) bond motifs is 1. The van der Waals surface area contributed by atoms with Gasteiger partial charge >= 0.3 is 5.97 Å². The molecule has 0 aromatic carbocycles. The third-order valence-electron chi connectivity index (χ3n) is 4.80. The molecule has 2 rings (SSSR count). The first kappa shape index (κ1) is 16.9. The van der Waals surface area contributed by atoms with Gasteiger partial charge in [-0.3, -0.25) is 9.69 Å². The van der Waals surface area contributed by atoms with Crippen molar-refractivity contribution in [2.45, 2.75) is 44.7 Å². The zero-order valence-electron chi connectivity index (χ0n) is 13.0. The number of hydrogen-bond donors (Lipinski definition) is 1. The van der Waals surface area contributed by atoms with Gasteiger partial charge in [0.2, 0.25) is 0 Å². The smallest absolute Gasteiger partial charge is 0.340 e. The van der Waals surface area contributed by atoms with Crippen LogP contribution < -0.4 is 0 Å². The number of aliphatic carboxylic acids is 1. The molecule has 2 aliphatic rings. The number of ketones is 1. The van der Waals surface area contributed by atoms with Gasteiger partial charge in [0.1, 0.15) is 17.9 Å². The summed E-state index contributed by atoms with van der Waals surface area (Å²) in [5.41, 5.74) is -0.384. The van der Waals surface area contributed by atoms with Crippen molar-refractivity contribution < 1.29 is 23.5 Å². The van der Waals surface area contributed by atoms with Gasteiger partial charge in [0.15, 0.2) is 5.78 Å². The molecule has 1 aliphatic heterocycles. The number of carboxylic acid groups (broad SMARTS) is 1. The first-order chi connectivity index (χ1) is 10.3. The Morgan fingerprint density at radius 1 is 1.45 bits per heavy atom. The maximum absolute atomic E-state index is 15.0. The summed E-state index contributed by atoms with van der Waals surface area (Å²) >= 11 is 0. The highest BCUT2D eigenvalue weighted by molar-refractivity contribution is 6.18. The zero-order chi connectivity index (χ0) is 16.6. The number of hydrogen-bond acceptors (Lipinski definition) is 4. The highest BCUT2D eigenvalue weighted by Gasteiger charge is 2.53. The summed E-state index contributed by atoms with van der Waals surface area (Å²) in [6.07, 6.45) is -1.97. The van der Waals surface area contributed by atoms with E-state index < -0.39 is 42.1 Å². The van der Waals surface area contributed by atoms with Crippen LogP contribution in [0.25, 0.3) is 0 Å². The van der Waals surface area contributed by atoms with Crippen molar-refractivity contribution in [1.82, 2.24) is 9.80 Å². The maximum Gasteiger partial charge on any atom is 0.340 e. The lowest BCUT2D eigenvalue weighted by Gasteiger charge is -2.49. The molecule has 5 unspecified atom stereocenters. The molecule has 7 heteroatoms. The van der Waals surface area contributed by atoms with Gasteiger partial charge < -0.3 is 10.0 Å². The fourth-order valence-electron chi connectivity index (χ4n) is 3.53. The van der Waals surface area contributed by atoms with E-state index >= 15 is 0 Å². The Labute approximate surface area is 128 Å². The van der Waals surface area contributed by atoms with Crippen molar-refractivity contribution in [2.75, 3.05) is 20.1 Å². The quantitative estimate of drug-likeness (QED) is 0.791. The highest BCUT2D eigenvalue weighted by atomic mass is 19.1. The van der Waals surface area contributed by atoms with Crippen molar-refractivity contribution in [3.05, 3.63) is 11.8 Å². The SMILES string of the molecule is CCN(C)C1C(F)CC2C(=O)C(C(=O)O)=CN(CC)C2C1F. The Kier molecular flexibility index (Phi) is 4.84. The van der Waals surface area contributed by atoms with Crippen LogP contribution in [0.5, 0.6) is 0 Å². The molecule has 0 amide bonds. The van der Waals surface area contributed by atoms with Gasteiger partial charge in [-0.15, -0.1) is 0 Å². The average Bonchev–Trinajstić information content (AvgIpc) is 2.47. The van der Waals surface area contributed by atoms with Gasteiger partial charge in [-0.05, 0) is 26.9 Å². The van der Waals surface area contributed by atoms with Crippen LogP contribution in [0.15, 0.2) is 11.8 Å². The molecule has 0 bridgehead atoms. The van der Waals surface area contributed by atoms with Gasteiger partial charge in [0.25, 0.3) is 0 Å².